The molecule has 1 saturated heterocycles. The van der Waals surface area contributed by atoms with E-state index >= 15 is 0 Å². The summed E-state index contributed by atoms with van der Waals surface area (Å²) < 4.78 is 5.02. The maximum Gasteiger partial charge on any atom is 0.286 e. The van der Waals surface area contributed by atoms with Gasteiger partial charge >= 0.3 is 0 Å². The molecule has 1 fully saturated rings. The fourth-order valence-electron chi connectivity index (χ4n) is 3.28. The minimum absolute atomic E-state index is 0.0180. The lowest BCUT2D eigenvalue weighted by Crippen LogP contribution is -2.43. The van der Waals surface area contributed by atoms with Crippen LogP contribution < -0.4 is 10.6 Å². The highest BCUT2D eigenvalue weighted by atomic mass is 16.3. The Morgan fingerprint density at radius 1 is 1.11 bits per heavy atom. The minimum atomic E-state index is -0.284. The van der Waals surface area contributed by atoms with E-state index in [0.717, 1.165) is 18.5 Å². The summed E-state index contributed by atoms with van der Waals surface area (Å²) in [7, 11) is 0. The molecule has 2 aromatic rings. The van der Waals surface area contributed by atoms with Crippen LogP contribution in [0.15, 0.2) is 53.1 Å². The zero-order valence-electron chi connectivity index (χ0n) is 15.7. The average Bonchev–Trinajstić information content (AvgIpc) is 3.27. The first kappa shape index (κ1) is 19.7. The molecule has 0 spiro atoms. The van der Waals surface area contributed by atoms with Crippen molar-refractivity contribution in [3.63, 3.8) is 0 Å². The van der Waals surface area contributed by atoms with Crippen molar-refractivity contribution in [1.82, 2.24) is 10.2 Å². The van der Waals surface area contributed by atoms with Gasteiger partial charge in [0, 0.05) is 31.7 Å². The lowest BCUT2D eigenvalue weighted by molar-refractivity contribution is -0.134. The van der Waals surface area contributed by atoms with Gasteiger partial charge in [-0.15, -0.1) is 0 Å². The highest BCUT2D eigenvalue weighted by Gasteiger charge is 2.28. The zero-order valence-corrected chi connectivity index (χ0v) is 15.7. The lowest BCUT2D eigenvalue weighted by Gasteiger charge is -2.32. The highest BCUT2D eigenvalue weighted by Crippen LogP contribution is 2.19. The maximum atomic E-state index is 12.5. The minimum Gasteiger partial charge on any atom is -0.459 e. The molecule has 1 aromatic heterocycles. The summed E-state index contributed by atoms with van der Waals surface area (Å²) >= 11 is 0. The molecule has 1 aliphatic rings. The Kier molecular flexibility index (Phi) is 6.84. The number of likely N-dealkylation sites (tertiary alicyclic amines) is 1. The van der Waals surface area contributed by atoms with Crippen molar-refractivity contribution in [3.8, 4) is 0 Å². The first-order valence-electron chi connectivity index (χ1n) is 9.59. The summed E-state index contributed by atoms with van der Waals surface area (Å²) in [6.07, 6.45) is 3.92. The topological polar surface area (TPSA) is 91.7 Å². The van der Waals surface area contributed by atoms with Gasteiger partial charge in [0.2, 0.25) is 11.8 Å². The predicted octanol–water partition coefficient (Wildman–Crippen LogP) is 2.67. The van der Waals surface area contributed by atoms with Crippen LogP contribution in [-0.2, 0) is 9.59 Å². The molecular weight excluding hydrogens is 358 g/mol. The quantitative estimate of drug-likeness (QED) is 0.719. The molecule has 148 valence electrons. The Morgan fingerprint density at radius 3 is 2.68 bits per heavy atom. The summed E-state index contributed by atoms with van der Waals surface area (Å²) in [4.78, 5) is 38.5. The van der Waals surface area contributed by atoms with Gasteiger partial charge in [-0.05, 0) is 43.5 Å². The first-order chi connectivity index (χ1) is 13.6. The van der Waals surface area contributed by atoms with Gasteiger partial charge in [-0.3, -0.25) is 14.4 Å². The molecular formula is C21H25N3O4. The average molecular weight is 383 g/mol. The van der Waals surface area contributed by atoms with E-state index < -0.39 is 0 Å². The molecule has 2 heterocycles. The van der Waals surface area contributed by atoms with Gasteiger partial charge in [0.1, 0.15) is 0 Å². The summed E-state index contributed by atoms with van der Waals surface area (Å²) in [6, 6.07) is 12.6. The van der Waals surface area contributed by atoms with Gasteiger partial charge in [-0.1, -0.05) is 18.2 Å². The van der Waals surface area contributed by atoms with E-state index in [0.29, 0.717) is 32.5 Å². The van der Waals surface area contributed by atoms with Crippen molar-refractivity contribution in [2.75, 3.05) is 25.0 Å². The van der Waals surface area contributed by atoms with E-state index in [1.165, 1.54) is 6.26 Å². The molecule has 1 aliphatic heterocycles. The largest absolute Gasteiger partial charge is 0.459 e. The van der Waals surface area contributed by atoms with Crippen LogP contribution in [0.4, 0.5) is 5.69 Å². The van der Waals surface area contributed by atoms with E-state index in [1.807, 2.05) is 30.3 Å². The number of piperidine rings is 1. The second-order valence-corrected chi connectivity index (χ2v) is 6.87. The predicted molar refractivity (Wildman–Crippen MR) is 105 cm³/mol. The second-order valence-electron chi connectivity index (χ2n) is 6.87. The third-order valence-electron chi connectivity index (χ3n) is 4.78. The monoisotopic (exact) mass is 383 g/mol. The van der Waals surface area contributed by atoms with Crippen molar-refractivity contribution >= 4 is 23.4 Å². The first-order valence-corrected chi connectivity index (χ1v) is 9.59. The Labute approximate surface area is 164 Å². The molecule has 3 amide bonds. The number of furan rings is 1. The van der Waals surface area contributed by atoms with Crippen LogP contribution in [0.3, 0.4) is 0 Å². The number of nitrogens with one attached hydrogen (secondary N) is 2. The Bertz CT molecular complexity index is 789. The van der Waals surface area contributed by atoms with Crippen LogP contribution in [0.5, 0.6) is 0 Å². The van der Waals surface area contributed by atoms with E-state index in [1.54, 1.807) is 17.0 Å². The molecule has 0 radical (unpaired) electrons. The van der Waals surface area contributed by atoms with Gasteiger partial charge in [0.25, 0.3) is 5.91 Å². The van der Waals surface area contributed by atoms with E-state index in [9.17, 15) is 14.4 Å². The van der Waals surface area contributed by atoms with Crippen LogP contribution in [0.1, 0.15) is 36.2 Å². The Balaban J connectivity index is 1.40. The number of hydrogen-bond donors (Lipinski definition) is 2. The highest BCUT2D eigenvalue weighted by molar-refractivity contribution is 5.93. The molecule has 1 aromatic carbocycles. The number of benzene rings is 1. The van der Waals surface area contributed by atoms with E-state index in [-0.39, 0.29) is 29.4 Å². The molecule has 0 aliphatic carbocycles. The number of anilines is 1. The van der Waals surface area contributed by atoms with Crippen molar-refractivity contribution in [2.45, 2.75) is 25.7 Å². The van der Waals surface area contributed by atoms with Crippen LogP contribution in [0.2, 0.25) is 0 Å². The SMILES string of the molecule is O=C(NCCCC(=O)N1CCCC(C(=O)Nc2ccccc2)C1)c1ccco1. The number of amides is 3. The number of carbonyl (C=O) groups is 3. The molecule has 7 heteroatoms. The third kappa shape index (κ3) is 5.45. The fourth-order valence-corrected chi connectivity index (χ4v) is 3.28. The summed E-state index contributed by atoms with van der Waals surface area (Å²) in [5.74, 6) is -0.252. The molecule has 28 heavy (non-hydrogen) atoms. The number of carbonyl (C=O) groups excluding carboxylic acids is 3. The standard InChI is InChI=1S/C21H25N3O4/c25-19(11-4-12-22-21(27)18-10-6-14-28-18)24-13-5-7-16(15-24)20(26)23-17-8-2-1-3-9-17/h1-3,6,8-10,14,16H,4-5,7,11-13,15H2,(H,22,27)(H,23,26). The molecule has 0 saturated carbocycles. The van der Waals surface area contributed by atoms with E-state index in [4.69, 9.17) is 4.42 Å². The lowest BCUT2D eigenvalue weighted by atomic mass is 9.96. The smallest absolute Gasteiger partial charge is 0.286 e. The van der Waals surface area contributed by atoms with Crippen molar-refractivity contribution in [1.29, 1.82) is 0 Å². The van der Waals surface area contributed by atoms with Crippen molar-refractivity contribution in [2.24, 2.45) is 5.92 Å². The molecule has 2 N–H and O–H groups in total. The molecule has 1 unspecified atom stereocenters. The Morgan fingerprint density at radius 2 is 1.93 bits per heavy atom. The molecule has 1 atom stereocenters. The van der Waals surface area contributed by atoms with Gasteiger partial charge < -0.3 is 20.0 Å². The summed E-state index contributed by atoms with van der Waals surface area (Å²) in [6.45, 7) is 1.51. The normalized spacial score (nSPS) is 16.4. The number of hydrogen-bond acceptors (Lipinski definition) is 4. The van der Waals surface area contributed by atoms with Gasteiger partial charge in [0.05, 0.1) is 12.2 Å². The maximum absolute atomic E-state index is 12.5. The number of para-hydroxylation sites is 1. The number of nitrogens with zero attached hydrogens (tertiary/aromatic N) is 1. The zero-order chi connectivity index (χ0) is 19.8. The van der Waals surface area contributed by atoms with Crippen LogP contribution in [0.25, 0.3) is 0 Å². The van der Waals surface area contributed by atoms with Gasteiger partial charge in [-0.2, -0.15) is 0 Å². The van der Waals surface area contributed by atoms with Crippen molar-refractivity contribution < 1.29 is 18.8 Å². The fraction of sp³-hybridized carbons (Fsp3) is 0.381. The van der Waals surface area contributed by atoms with Gasteiger partial charge in [-0.25, -0.2) is 0 Å². The molecule has 3 rings (SSSR count). The van der Waals surface area contributed by atoms with Gasteiger partial charge in [0.15, 0.2) is 5.76 Å². The molecule has 7 nitrogen and oxygen atoms in total. The summed E-state index contributed by atoms with van der Waals surface area (Å²) in [5.41, 5.74) is 0.767. The van der Waals surface area contributed by atoms with Crippen LogP contribution in [-0.4, -0.2) is 42.3 Å². The van der Waals surface area contributed by atoms with E-state index in [2.05, 4.69) is 10.6 Å². The van der Waals surface area contributed by atoms with Crippen molar-refractivity contribution in [3.05, 3.63) is 54.5 Å². The molecule has 0 bridgehead atoms. The third-order valence-corrected chi connectivity index (χ3v) is 4.78. The van der Waals surface area contributed by atoms with Crippen LogP contribution >= 0.6 is 0 Å². The number of rotatable bonds is 7. The summed E-state index contributed by atoms with van der Waals surface area (Å²) in [5, 5.41) is 5.65. The Hall–Kier alpha value is -3.09. The van der Waals surface area contributed by atoms with Crippen LogP contribution in [0, 0.1) is 5.92 Å². The second kappa shape index (κ2) is 9.73.